The number of anilines is 1. The Balaban J connectivity index is 0.0000230. The number of carbonyl (C=O) groups excluding carboxylic acids is 9. The van der Waals surface area contributed by atoms with Crippen LogP contribution in [0.5, 0.6) is 0 Å². The van der Waals surface area contributed by atoms with E-state index in [0.717, 1.165) is 0 Å². The van der Waals surface area contributed by atoms with Crippen molar-refractivity contribution in [1.82, 2.24) is 36.0 Å². The van der Waals surface area contributed by atoms with Gasteiger partial charge >= 0.3 is 41.7 Å². The molecule has 1 saturated heterocycles. The molecule has 9 N–H and O–H groups in total. The average Bonchev–Trinajstić information content (AvgIpc) is 4.09. The summed E-state index contributed by atoms with van der Waals surface area (Å²) in [5, 5.41) is 25.6. The molecule has 0 unspecified atom stereocenters. The van der Waals surface area contributed by atoms with Gasteiger partial charge in [0, 0.05) is 47.1 Å². The predicted molar refractivity (Wildman–Crippen MR) is 303 cm³/mol. The van der Waals surface area contributed by atoms with E-state index >= 15 is 0 Å². The van der Waals surface area contributed by atoms with E-state index < -0.39 is 120 Å². The molecule has 1 fully saturated rings. The van der Waals surface area contributed by atoms with E-state index in [2.05, 4.69) is 26.6 Å². The Kier molecular flexibility index (Phi) is 31.1. The number of carboxylic acids is 1. The molecule has 11 atom stereocenters. The predicted octanol–water partition coefficient (Wildman–Crippen LogP) is -0.323. The number of urea groups is 1. The van der Waals surface area contributed by atoms with Crippen molar-refractivity contribution >= 4 is 59.2 Å². The van der Waals surface area contributed by atoms with Crippen molar-refractivity contribution in [3.8, 4) is 0 Å². The second-order valence-corrected chi connectivity index (χ2v) is 22.2. The van der Waals surface area contributed by atoms with Gasteiger partial charge in [0.15, 0.2) is 0 Å². The fraction of sp³-hybridized carbons (Fsp3) is 0.638. The summed E-state index contributed by atoms with van der Waals surface area (Å²) in [5.41, 5.74) is 12.8. The first-order valence-electron chi connectivity index (χ1n) is 28.0. The number of nitrogens with two attached hydrogens (primary N) is 2. The van der Waals surface area contributed by atoms with E-state index in [0.29, 0.717) is 49.0 Å². The molecule has 0 aliphatic carbocycles. The molecule has 9 amide bonds. The van der Waals surface area contributed by atoms with Crippen LogP contribution in [0, 0.1) is 29.6 Å². The van der Waals surface area contributed by atoms with Gasteiger partial charge in [-0.1, -0.05) is 111 Å². The number of methoxy groups -OCH3 is 2. The third-order valence-corrected chi connectivity index (χ3v) is 15.2. The number of ether oxygens (including phenoxy) is 3. The molecule has 452 valence electrons. The summed E-state index contributed by atoms with van der Waals surface area (Å²) in [6.45, 7) is 16.6. The number of benzene rings is 2. The summed E-state index contributed by atoms with van der Waals surface area (Å²) in [6.07, 6.45) is -0.209. The Hall–Kier alpha value is -5.85. The van der Waals surface area contributed by atoms with Crippen LogP contribution in [0.2, 0.25) is 0 Å². The SMILES string of the molecule is CC[C@H](C)[C@@H]([C@@H](CC(=O)N1CCC[C@H]1[C@H](OC)[C@@H](C)C(=O)N[C@@H](Cc1ccccc1)C(=O)[O-])OC)N(C)C(=O)[C@@H](NC(=O)[C@H](C(C)C)N(C)C(=O)OCc1ccc(NC(=O)[C@H](CCCNC(N)=O)NC(=O)[C@@H](N)C(C)C)cc1)C(C)C.[Na+]. The normalized spacial score (nSPS) is 16.8. The average molecular weight is 1160 g/mol. The third kappa shape index (κ3) is 21.4. The zero-order valence-electron chi connectivity index (χ0n) is 50.7. The van der Waals surface area contributed by atoms with Gasteiger partial charge < -0.3 is 72.0 Å². The molecule has 82 heavy (non-hydrogen) atoms. The zero-order chi connectivity index (χ0) is 60.8. The number of hydrogen-bond acceptors (Lipinski definition) is 14. The van der Waals surface area contributed by atoms with Crippen LogP contribution in [0.3, 0.4) is 0 Å². The number of aliphatic carboxylic acids is 1. The molecule has 0 spiro atoms. The van der Waals surface area contributed by atoms with E-state index in [4.69, 9.17) is 25.7 Å². The van der Waals surface area contributed by atoms with Crippen molar-refractivity contribution in [1.29, 1.82) is 0 Å². The van der Waals surface area contributed by atoms with E-state index in [1.165, 1.54) is 31.1 Å². The van der Waals surface area contributed by atoms with Gasteiger partial charge in [0.05, 0.1) is 54.7 Å². The summed E-state index contributed by atoms with van der Waals surface area (Å²) in [5.74, 6) is -6.37. The Morgan fingerprint density at radius 2 is 1.38 bits per heavy atom. The molecular weight excluding hydrogens is 1070 g/mol. The summed E-state index contributed by atoms with van der Waals surface area (Å²) in [7, 11) is 5.98. The van der Waals surface area contributed by atoms with Gasteiger partial charge in [0.1, 0.15) is 24.7 Å². The molecule has 0 radical (unpaired) electrons. The van der Waals surface area contributed by atoms with Crippen molar-refractivity contribution in [2.45, 2.75) is 168 Å². The Morgan fingerprint density at radius 3 is 1.91 bits per heavy atom. The van der Waals surface area contributed by atoms with Crippen molar-refractivity contribution < 1.29 is 92.0 Å². The Morgan fingerprint density at radius 1 is 0.756 bits per heavy atom. The third-order valence-electron chi connectivity index (χ3n) is 15.2. The first-order chi connectivity index (χ1) is 38.2. The van der Waals surface area contributed by atoms with Crippen LogP contribution in [0.1, 0.15) is 112 Å². The molecule has 1 aliphatic rings. The van der Waals surface area contributed by atoms with Crippen LogP contribution in [0.15, 0.2) is 54.6 Å². The number of likely N-dealkylation sites (N-methyl/N-ethyl adjacent to an activating group) is 2. The number of nitrogens with zero attached hydrogens (tertiary/aromatic N) is 3. The van der Waals surface area contributed by atoms with Gasteiger partial charge in [-0.2, -0.15) is 0 Å². The van der Waals surface area contributed by atoms with Gasteiger partial charge in [-0.15, -0.1) is 0 Å². The Bertz CT molecular complexity index is 2400. The van der Waals surface area contributed by atoms with Crippen LogP contribution in [-0.4, -0.2) is 164 Å². The zero-order valence-corrected chi connectivity index (χ0v) is 52.7. The molecule has 0 bridgehead atoms. The van der Waals surface area contributed by atoms with Gasteiger partial charge in [-0.05, 0) is 79.0 Å². The minimum atomic E-state index is -1.43. The van der Waals surface area contributed by atoms with Crippen LogP contribution in [0.25, 0.3) is 0 Å². The number of likely N-dealkylation sites (tertiary alicyclic amines) is 1. The topological polar surface area (TPSA) is 326 Å². The number of carbonyl (C=O) groups is 9. The largest absolute Gasteiger partial charge is 1.00 e. The van der Waals surface area contributed by atoms with Crippen molar-refractivity contribution in [2.75, 3.05) is 46.7 Å². The maximum Gasteiger partial charge on any atom is 1.00 e. The summed E-state index contributed by atoms with van der Waals surface area (Å²) in [4.78, 5) is 124. The second-order valence-electron chi connectivity index (χ2n) is 22.2. The molecule has 1 aliphatic heterocycles. The van der Waals surface area contributed by atoms with Crippen LogP contribution in [-0.2, 0) is 60.8 Å². The molecule has 2 aromatic rings. The maximum absolute atomic E-state index is 14.7. The van der Waals surface area contributed by atoms with Gasteiger partial charge in [-0.3, -0.25) is 33.7 Å². The van der Waals surface area contributed by atoms with E-state index in [-0.39, 0.29) is 79.7 Å². The molecule has 1 heterocycles. The standard InChI is InChI=1S/C58H92N10O13.Na/c1-14-36(8)49(44(79-12)31-45(69)68-29-19-23-43(68)50(80-13)37(9)51(70)64-42(56(75)76)30-38-20-16-15-17-21-38)66(10)55(74)47(34(4)5)65-54(73)48(35(6)7)67(11)58(78)81-32-39-24-26-40(27-25-39)62-52(71)41(22-18-28-61-57(60)77)63-53(72)46(59)33(2)3;/h15-17,20-21,24-27,33-37,41-44,46-50H,14,18-19,22-23,28-32,59H2,1-13H3,(H,62,71)(H,63,72)(H,64,70)(H,65,73)(H,75,76)(H3,60,61,77);/q;+1/p-1/t36-,37+,41-,42-,43-,44+,46-,47-,48-,49-,50+;/m0./s1. The van der Waals surface area contributed by atoms with Gasteiger partial charge in [0.25, 0.3) is 0 Å². The molecule has 0 saturated carbocycles. The van der Waals surface area contributed by atoms with E-state index in [1.807, 2.05) is 13.8 Å². The number of hydrogen-bond donors (Lipinski definition) is 7. The number of primary amides is 1. The van der Waals surface area contributed by atoms with E-state index in [9.17, 15) is 48.3 Å². The number of rotatable bonds is 32. The smallest absolute Gasteiger partial charge is 0.548 e. The van der Waals surface area contributed by atoms with Gasteiger partial charge in [0.2, 0.25) is 35.4 Å². The number of nitrogens with one attached hydrogen (secondary N) is 5. The van der Waals surface area contributed by atoms with Crippen molar-refractivity contribution in [3.63, 3.8) is 0 Å². The van der Waals surface area contributed by atoms with Crippen LogP contribution in [0.4, 0.5) is 15.3 Å². The number of carboxylic acid groups (broad SMARTS) is 1. The minimum Gasteiger partial charge on any atom is -0.548 e. The fourth-order valence-electron chi connectivity index (χ4n) is 10.2. The Labute approximate surface area is 506 Å². The molecule has 3 rings (SSSR count). The molecule has 2 aromatic carbocycles. The number of amides is 9. The van der Waals surface area contributed by atoms with Crippen molar-refractivity contribution in [2.24, 2.45) is 41.1 Å². The first kappa shape index (κ1) is 72.3. The molecule has 23 nitrogen and oxygen atoms in total. The minimum absolute atomic E-state index is 0. The second kappa shape index (κ2) is 35.3. The van der Waals surface area contributed by atoms with Gasteiger partial charge in [-0.25, -0.2) is 9.59 Å². The molecule has 24 heteroatoms. The summed E-state index contributed by atoms with van der Waals surface area (Å²) in [6, 6.07) is 8.23. The monoisotopic (exact) mass is 1160 g/mol. The molecule has 0 aromatic heterocycles. The fourth-order valence-corrected chi connectivity index (χ4v) is 10.2. The maximum atomic E-state index is 14.7. The first-order valence-corrected chi connectivity index (χ1v) is 28.0. The quantitative estimate of drug-likeness (QED) is 0.0365. The van der Waals surface area contributed by atoms with Crippen molar-refractivity contribution in [3.05, 3.63) is 65.7 Å². The van der Waals surface area contributed by atoms with Crippen LogP contribution < -0.4 is 72.7 Å². The van der Waals surface area contributed by atoms with Crippen LogP contribution >= 0.6 is 0 Å². The summed E-state index contributed by atoms with van der Waals surface area (Å²) >= 11 is 0. The molecular formula is C58H91N10NaO13. The summed E-state index contributed by atoms with van der Waals surface area (Å²) < 4.78 is 17.6. The van der Waals surface area contributed by atoms with E-state index in [1.54, 1.807) is 115 Å².